The third kappa shape index (κ3) is 6.05. The molecule has 0 saturated heterocycles. The lowest BCUT2D eigenvalue weighted by Crippen LogP contribution is -2.55. The Hall–Kier alpha value is -1.56. The maximum Gasteiger partial charge on any atom is 0.391 e. The molecule has 1 aromatic rings. The first kappa shape index (κ1) is 18.5. The first-order valence-electron chi connectivity index (χ1n) is 6.95. The molecule has 22 heavy (non-hydrogen) atoms. The zero-order valence-electron chi connectivity index (χ0n) is 13.3. The molecule has 2 N–H and O–H groups in total. The summed E-state index contributed by atoms with van der Waals surface area (Å²) in [6, 6.07) is 6.85. The predicted molar refractivity (Wildman–Crippen MR) is 78.3 cm³/mol. The lowest BCUT2D eigenvalue weighted by Gasteiger charge is -2.32. The van der Waals surface area contributed by atoms with Crippen LogP contribution in [0.2, 0.25) is 0 Å². The number of carbonyl (C=O) groups excluding carboxylic acids is 1. The summed E-state index contributed by atoms with van der Waals surface area (Å²) in [5.41, 5.74) is 4.30. The minimum absolute atomic E-state index is 0.234. The molecule has 0 spiro atoms. The van der Waals surface area contributed by atoms with E-state index in [2.05, 4.69) is 0 Å². The Morgan fingerprint density at radius 2 is 1.64 bits per heavy atom. The molecule has 1 aromatic carbocycles. The first-order valence-corrected chi connectivity index (χ1v) is 6.95. The highest BCUT2D eigenvalue weighted by atomic mass is 19.4. The van der Waals surface area contributed by atoms with Crippen LogP contribution in [0.1, 0.15) is 38.3 Å². The number of rotatable bonds is 4. The number of alkyl halides is 3. The summed E-state index contributed by atoms with van der Waals surface area (Å²) in [6.07, 6.45) is -6.22. The smallest absolute Gasteiger partial charge is 0.391 e. The Bertz CT molecular complexity index is 518. The minimum atomic E-state index is -4.56. The van der Waals surface area contributed by atoms with Crippen LogP contribution in [0.5, 0.6) is 0 Å². The van der Waals surface area contributed by atoms with Gasteiger partial charge in [-0.3, -0.25) is 4.79 Å². The van der Waals surface area contributed by atoms with Crippen molar-refractivity contribution in [3.05, 3.63) is 35.4 Å². The van der Waals surface area contributed by atoms with Crippen LogP contribution >= 0.6 is 0 Å². The Morgan fingerprint density at radius 1 is 1.14 bits per heavy atom. The number of benzene rings is 1. The highest BCUT2D eigenvalue weighted by Crippen LogP contribution is 2.30. The van der Waals surface area contributed by atoms with E-state index in [1.54, 1.807) is 45.0 Å². The van der Waals surface area contributed by atoms with E-state index in [9.17, 15) is 18.0 Å². The van der Waals surface area contributed by atoms with Crippen LogP contribution in [-0.2, 0) is 16.0 Å². The molecule has 1 rings (SSSR count). The van der Waals surface area contributed by atoms with Gasteiger partial charge in [-0.05, 0) is 33.3 Å². The lowest BCUT2D eigenvalue weighted by atomic mass is 9.87. The summed E-state index contributed by atoms with van der Waals surface area (Å²) >= 11 is 0. The average molecular weight is 317 g/mol. The van der Waals surface area contributed by atoms with Crippen molar-refractivity contribution in [2.75, 3.05) is 0 Å². The number of esters is 1. The van der Waals surface area contributed by atoms with Crippen LogP contribution in [0.25, 0.3) is 0 Å². The summed E-state index contributed by atoms with van der Waals surface area (Å²) in [6.45, 7) is 6.63. The zero-order valence-corrected chi connectivity index (χ0v) is 13.3. The molecule has 124 valence electrons. The summed E-state index contributed by atoms with van der Waals surface area (Å²) in [4.78, 5) is 12.2. The normalized spacial score (nSPS) is 15.3. The van der Waals surface area contributed by atoms with Crippen molar-refractivity contribution < 1.29 is 22.7 Å². The number of carbonyl (C=O) groups is 1. The molecular formula is C16H22F3NO2. The molecule has 0 heterocycles. The molecule has 0 aliphatic heterocycles. The van der Waals surface area contributed by atoms with E-state index in [-0.39, 0.29) is 6.42 Å². The maximum absolute atomic E-state index is 12.8. The number of hydrogen-bond donors (Lipinski definition) is 1. The summed E-state index contributed by atoms with van der Waals surface area (Å²) in [5, 5.41) is 0. The van der Waals surface area contributed by atoms with Gasteiger partial charge in [-0.2, -0.15) is 13.2 Å². The van der Waals surface area contributed by atoms with Crippen molar-refractivity contribution in [2.45, 2.75) is 57.9 Å². The number of aryl methyl sites for hydroxylation is 1. The molecule has 0 amide bonds. The van der Waals surface area contributed by atoms with Gasteiger partial charge in [0.05, 0.1) is 6.42 Å². The van der Waals surface area contributed by atoms with Gasteiger partial charge >= 0.3 is 12.1 Å². The summed E-state index contributed by atoms with van der Waals surface area (Å²) < 4.78 is 43.6. The summed E-state index contributed by atoms with van der Waals surface area (Å²) in [7, 11) is 0. The number of halogens is 3. The maximum atomic E-state index is 12.8. The van der Waals surface area contributed by atoms with Gasteiger partial charge in [-0.1, -0.05) is 29.8 Å². The molecule has 0 aliphatic carbocycles. The minimum Gasteiger partial charge on any atom is -0.459 e. The van der Waals surface area contributed by atoms with E-state index in [1.165, 1.54) is 0 Å². The van der Waals surface area contributed by atoms with Gasteiger partial charge in [-0.15, -0.1) is 0 Å². The van der Waals surface area contributed by atoms with Crippen molar-refractivity contribution in [1.29, 1.82) is 0 Å². The van der Waals surface area contributed by atoms with Crippen LogP contribution < -0.4 is 5.73 Å². The first-order chi connectivity index (χ1) is 9.81. The molecule has 1 atom stereocenters. The standard InChI is InChI=1S/C16H22F3NO2/c1-11-5-7-12(8-6-11)9-15(20,10-16(17,18)19)13(21)22-14(2,3)4/h5-8H,9-10,20H2,1-4H3/t15-/m1/s1. The highest BCUT2D eigenvalue weighted by Gasteiger charge is 2.47. The highest BCUT2D eigenvalue weighted by molar-refractivity contribution is 5.81. The second-order valence-corrected chi connectivity index (χ2v) is 6.61. The van der Waals surface area contributed by atoms with Crippen LogP contribution in [0.4, 0.5) is 13.2 Å². The summed E-state index contributed by atoms with van der Waals surface area (Å²) in [5.74, 6) is -1.04. The quantitative estimate of drug-likeness (QED) is 0.864. The van der Waals surface area contributed by atoms with Crippen molar-refractivity contribution >= 4 is 5.97 Å². The van der Waals surface area contributed by atoms with E-state index in [0.29, 0.717) is 5.56 Å². The van der Waals surface area contributed by atoms with E-state index < -0.39 is 29.7 Å². The van der Waals surface area contributed by atoms with Gasteiger partial charge in [0, 0.05) is 6.42 Å². The van der Waals surface area contributed by atoms with E-state index in [0.717, 1.165) is 5.56 Å². The molecule has 6 heteroatoms. The van der Waals surface area contributed by atoms with Crippen molar-refractivity contribution in [2.24, 2.45) is 5.73 Å². The number of ether oxygens (including phenoxy) is 1. The zero-order chi connectivity index (χ0) is 17.2. The van der Waals surface area contributed by atoms with Gasteiger partial charge in [0.1, 0.15) is 11.1 Å². The van der Waals surface area contributed by atoms with Crippen molar-refractivity contribution in [1.82, 2.24) is 0 Å². The molecule has 0 unspecified atom stereocenters. The van der Waals surface area contributed by atoms with Gasteiger partial charge in [-0.25, -0.2) is 0 Å². The third-order valence-electron chi connectivity index (χ3n) is 2.96. The molecule has 0 fully saturated rings. The third-order valence-corrected chi connectivity index (χ3v) is 2.96. The number of hydrogen-bond acceptors (Lipinski definition) is 3. The van der Waals surface area contributed by atoms with Crippen LogP contribution in [0.15, 0.2) is 24.3 Å². The molecule has 0 aromatic heterocycles. The van der Waals surface area contributed by atoms with Crippen molar-refractivity contribution in [3.63, 3.8) is 0 Å². The Balaban J connectivity index is 3.05. The fourth-order valence-corrected chi connectivity index (χ4v) is 2.01. The predicted octanol–water partition coefficient (Wildman–Crippen LogP) is 3.53. The molecule has 0 bridgehead atoms. The SMILES string of the molecule is Cc1ccc(C[C@@](N)(CC(F)(F)F)C(=O)OC(C)(C)C)cc1. The molecule has 0 aliphatic rings. The van der Waals surface area contributed by atoms with E-state index in [1.807, 2.05) is 6.92 Å². The Morgan fingerprint density at radius 3 is 2.05 bits per heavy atom. The topological polar surface area (TPSA) is 52.3 Å². The van der Waals surface area contributed by atoms with Gasteiger partial charge < -0.3 is 10.5 Å². The van der Waals surface area contributed by atoms with Crippen molar-refractivity contribution in [3.8, 4) is 0 Å². The lowest BCUT2D eigenvalue weighted by molar-refractivity contribution is -0.179. The second kappa shape index (κ2) is 6.28. The Labute approximate surface area is 128 Å². The Kier molecular flexibility index (Phi) is 5.28. The van der Waals surface area contributed by atoms with E-state index >= 15 is 0 Å². The average Bonchev–Trinajstić information content (AvgIpc) is 2.27. The number of nitrogens with two attached hydrogens (primary N) is 1. The van der Waals surface area contributed by atoms with E-state index in [4.69, 9.17) is 10.5 Å². The second-order valence-electron chi connectivity index (χ2n) is 6.61. The fourth-order valence-electron chi connectivity index (χ4n) is 2.01. The van der Waals surface area contributed by atoms with Crippen LogP contribution in [-0.4, -0.2) is 23.3 Å². The van der Waals surface area contributed by atoms with Crippen LogP contribution in [0, 0.1) is 6.92 Å². The monoisotopic (exact) mass is 317 g/mol. The fraction of sp³-hybridized carbons (Fsp3) is 0.562. The molecular weight excluding hydrogens is 295 g/mol. The molecule has 0 saturated carbocycles. The van der Waals surface area contributed by atoms with Crippen LogP contribution in [0.3, 0.4) is 0 Å². The molecule has 0 radical (unpaired) electrons. The van der Waals surface area contributed by atoms with Gasteiger partial charge in [0.2, 0.25) is 0 Å². The molecule has 3 nitrogen and oxygen atoms in total. The van der Waals surface area contributed by atoms with Gasteiger partial charge in [0.25, 0.3) is 0 Å². The largest absolute Gasteiger partial charge is 0.459 e. The van der Waals surface area contributed by atoms with Gasteiger partial charge in [0.15, 0.2) is 0 Å².